The summed E-state index contributed by atoms with van der Waals surface area (Å²) in [5.74, 6) is -0.206. The highest BCUT2D eigenvalue weighted by molar-refractivity contribution is 8.18. The minimum Gasteiger partial charge on any atom is -0.329 e. The number of allylic oxidation sites excluding steroid dienone is 1. The monoisotopic (exact) mass is 236 g/mol. The molecule has 0 spiro atoms. The summed E-state index contributed by atoms with van der Waals surface area (Å²) in [5, 5.41) is -0.213. The summed E-state index contributed by atoms with van der Waals surface area (Å²) in [4.78, 5) is 24.4. The van der Waals surface area contributed by atoms with Gasteiger partial charge in [0.2, 0.25) is 0 Å². The molecule has 80 valence electrons. The first-order chi connectivity index (χ1) is 6.20. The molecule has 1 rings (SSSR count). The van der Waals surface area contributed by atoms with Crippen LogP contribution < -0.4 is 5.73 Å². The number of carbonyl (C=O) groups is 2. The van der Waals surface area contributed by atoms with Gasteiger partial charge in [0.05, 0.1) is 4.91 Å². The summed E-state index contributed by atoms with van der Waals surface area (Å²) < 4.78 is 0. The molecule has 1 aliphatic rings. The fourth-order valence-electron chi connectivity index (χ4n) is 1.05. The number of carbonyl (C=O) groups excluding carboxylic acids is 2. The van der Waals surface area contributed by atoms with Gasteiger partial charge in [-0.25, -0.2) is 0 Å². The van der Waals surface area contributed by atoms with E-state index in [0.29, 0.717) is 18.0 Å². The summed E-state index contributed by atoms with van der Waals surface area (Å²) in [5.41, 5.74) is 5.28. The van der Waals surface area contributed by atoms with E-state index in [4.69, 9.17) is 5.73 Å². The van der Waals surface area contributed by atoms with Gasteiger partial charge in [-0.3, -0.25) is 14.5 Å². The normalized spacial score (nSPS) is 19.0. The van der Waals surface area contributed by atoms with Crippen molar-refractivity contribution in [2.75, 3.05) is 13.1 Å². The molecular weight excluding hydrogens is 224 g/mol. The highest BCUT2D eigenvalue weighted by Crippen LogP contribution is 2.30. The zero-order chi connectivity index (χ0) is 9.84. The van der Waals surface area contributed by atoms with Crippen LogP contribution in [0.4, 0.5) is 4.79 Å². The highest BCUT2D eigenvalue weighted by Gasteiger charge is 2.33. The fourth-order valence-corrected chi connectivity index (χ4v) is 1.97. The van der Waals surface area contributed by atoms with Crippen LogP contribution in [0.2, 0.25) is 0 Å². The lowest BCUT2D eigenvalue weighted by atomic mass is 10.4. The molecule has 1 fully saturated rings. The van der Waals surface area contributed by atoms with Crippen LogP contribution in [0.3, 0.4) is 0 Å². The minimum atomic E-state index is -0.213. The average Bonchev–Trinajstić information content (AvgIpc) is 2.34. The molecule has 1 aliphatic heterocycles. The number of hydrogen-bond donors (Lipinski definition) is 1. The minimum absolute atomic E-state index is 0. The highest BCUT2D eigenvalue weighted by atomic mass is 35.5. The van der Waals surface area contributed by atoms with Crippen LogP contribution >= 0.6 is 24.2 Å². The molecule has 0 aliphatic carbocycles. The van der Waals surface area contributed by atoms with Gasteiger partial charge in [-0.2, -0.15) is 0 Å². The Hall–Kier alpha value is -0.520. The van der Waals surface area contributed by atoms with Crippen molar-refractivity contribution in [3.63, 3.8) is 0 Å². The van der Waals surface area contributed by atoms with E-state index in [1.807, 2.05) is 6.92 Å². The zero-order valence-corrected chi connectivity index (χ0v) is 9.49. The molecule has 0 atom stereocenters. The molecule has 2 N–H and O–H groups in total. The third-order valence-corrected chi connectivity index (χ3v) is 2.57. The standard InChI is InChI=1S/C8H12N2O2S.ClH/c1-2-3-6-7(11)10(5-4-9)8(12)13-6;/h3H,2,4-5,9H2,1H3;1H/b6-3-;. The van der Waals surface area contributed by atoms with Crippen LogP contribution in [0.25, 0.3) is 0 Å². The third-order valence-electron chi connectivity index (χ3n) is 1.62. The second kappa shape index (κ2) is 6.06. The Balaban J connectivity index is 0.00000169. The van der Waals surface area contributed by atoms with Crippen molar-refractivity contribution < 1.29 is 9.59 Å². The molecule has 4 nitrogen and oxygen atoms in total. The molecule has 0 aromatic carbocycles. The molecule has 6 heteroatoms. The number of imide groups is 1. The van der Waals surface area contributed by atoms with Gasteiger partial charge >= 0.3 is 0 Å². The third kappa shape index (κ3) is 2.73. The molecule has 0 aromatic rings. The summed E-state index contributed by atoms with van der Waals surface area (Å²) in [7, 11) is 0. The molecule has 1 saturated heterocycles. The van der Waals surface area contributed by atoms with Gasteiger partial charge in [0.25, 0.3) is 11.1 Å². The zero-order valence-electron chi connectivity index (χ0n) is 7.86. The SMILES string of the molecule is CC/C=C1\SC(=O)N(CCN)C1=O.Cl. The van der Waals surface area contributed by atoms with Crippen LogP contribution in [-0.4, -0.2) is 29.1 Å². The summed E-state index contributed by atoms with van der Waals surface area (Å²) in [6.07, 6.45) is 2.53. The Bertz CT molecular complexity index is 268. The number of halogens is 1. The van der Waals surface area contributed by atoms with Crippen LogP contribution in [-0.2, 0) is 4.79 Å². The van der Waals surface area contributed by atoms with Crippen LogP contribution in [0.15, 0.2) is 11.0 Å². The predicted octanol–water partition coefficient (Wildman–Crippen LogP) is 1.36. The Morgan fingerprint density at radius 3 is 2.64 bits per heavy atom. The second-order valence-electron chi connectivity index (χ2n) is 2.59. The van der Waals surface area contributed by atoms with Gasteiger partial charge in [-0.05, 0) is 18.2 Å². The van der Waals surface area contributed by atoms with Crippen molar-refractivity contribution in [3.05, 3.63) is 11.0 Å². The lowest BCUT2D eigenvalue weighted by Crippen LogP contribution is -2.33. The van der Waals surface area contributed by atoms with E-state index >= 15 is 0 Å². The second-order valence-corrected chi connectivity index (χ2v) is 3.58. The van der Waals surface area contributed by atoms with Crippen molar-refractivity contribution >= 4 is 35.3 Å². The number of nitrogens with two attached hydrogens (primary N) is 1. The molecule has 2 amide bonds. The largest absolute Gasteiger partial charge is 0.329 e. The van der Waals surface area contributed by atoms with Gasteiger partial charge in [-0.1, -0.05) is 13.0 Å². The Labute approximate surface area is 93.3 Å². The number of rotatable bonds is 3. The number of amides is 2. The first-order valence-corrected chi connectivity index (χ1v) is 4.96. The number of thioether (sulfide) groups is 1. The average molecular weight is 237 g/mol. The molecule has 0 radical (unpaired) electrons. The van der Waals surface area contributed by atoms with Gasteiger partial charge in [-0.15, -0.1) is 12.4 Å². The maximum absolute atomic E-state index is 11.5. The molecule has 0 unspecified atom stereocenters. The van der Waals surface area contributed by atoms with E-state index in [-0.39, 0.29) is 23.6 Å². The smallest absolute Gasteiger partial charge is 0.293 e. The van der Waals surface area contributed by atoms with E-state index in [1.165, 1.54) is 4.90 Å². The summed E-state index contributed by atoms with van der Waals surface area (Å²) in [6.45, 7) is 2.56. The van der Waals surface area contributed by atoms with E-state index in [9.17, 15) is 9.59 Å². The van der Waals surface area contributed by atoms with E-state index < -0.39 is 0 Å². The van der Waals surface area contributed by atoms with Crippen molar-refractivity contribution in [1.82, 2.24) is 4.90 Å². The van der Waals surface area contributed by atoms with Gasteiger partial charge in [0, 0.05) is 13.1 Å². The number of nitrogens with zero attached hydrogens (tertiary/aromatic N) is 1. The first-order valence-electron chi connectivity index (χ1n) is 4.14. The van der Waals surface area contributed by atoms with Crippen molar-refractivity contribution in [3.8, 4) is 0 Å². The summed E-state index contributed by atoms with van der Waals surface area (Å²) in [6, 6.07) is 0. The molecule has 14 heavy (non-hydrogen) atoms. The van der Waals surface area contributed by atoms with Gasteiger partial charge in [0.1, 0.15) is 0 Å². The maximum atomic E-state index is 11.5. The topological polar surface area (TPSA) is 63.4 Å². The van der Waals surface area contributed by atoms with Gasteiger partial charge < -0.3 is 5.73 Å². The van der Waals surface area contributed by atoms with Crippen molar-refractivity contribution in [1.29, 1.82) is 0 Å². The van der Waals surface area contributed by atoms with Crippen LogP contribution in [0.1, 0.15) is 13.3 Å². The lowest BCUT2D eigenvalue weighted by Gasteiger charge is -2.09. The molecule has 0 bridgehead atoms. The summed E-state index contributed by atoms with van der Waals surface area (Å²) >= 11 is 0.989. The quantitative estimate of drug-likeness (QED) is 0.752. The maximum Gasteiger partial charge on any atom is 0.293 e. The Morgan fingerprint density at radius 1 is 1.50 bits per heavy atom. The molecular formula is C8H13ClN2O2S. The molecule has 0 saturated carbocycles. The van der Waals surface area contributed by atoms with E-state index in [0.717, 1.165) is 18.2 Å². The van der Waals surface area contributed by atoms with Gasteiger partial charge in [0.15, 0.2) is 0 Å². The lowest BCUT2D eigenvalue weighted by molar-refractivity contribution is -0.122. The number of hydrogen-bond acceptors (Lipinski definition) is 4. The van der Waals surface area contributed by atoms with E-state index in [1.54, 1.807) is 6.08 Å². The van der Waals surface area contributed by atoms with Crippen LogP contribution in [0.5, 0.6) is 0 Å². The molecule has 0 aromatic heterocycles. The van der Waals surface area contributed by atoms with Crippen molar-refractivity contribution in [2.24, 2.45) is 5.73 Å². The Morgan fingerprint density at radius 2 is 2.14 bits per heavy atom. The van der Waals surface area contributed by atoms with Crippen molar-refractivity contribution in [2.45, 2.75) is 13.3 Å². The first kappa shape index (κ1) is 13.5. The van der Waals surface area contributed by atoms with E-state index in [2.05, 4.69) is 0 Å². The van der Waals surface area contributed by atoms with Crippen LogP contribution in [0, 0.1) is 0 Å². The Kier molecular flexibility index (Phi) is 5.83. The molecule has 1 heterocycles. The fraction of sp³-hybridized carbons (Fsp3) is 0.500. The predicted molar refractivity (Wildman–Crippen MR) is 59.4 cm³/mol.